The van der Waals surface area contributed by atoms with Gasteiger partial charge in [-0.1, -0.05) is 34.8 Å². The molecule has 1 saturated carbocycles. The molecule has 0 aliphatic heterocycles. The number of rotatable bonds is 2. The van der Waals surface area contributed by atoms with Crippen LogP contribution in [0, 0.1) is 0 Å². The van der Waals surface area contributed by atoms with E-state index in [4.69, 9.17) is 47.0 Å². The molecule has 0 atom stereocenters. The Hall–Kier alpha value is -0.220. The Balaban J connectivity index is 2.07. The standard InChI is InChI=1S/C10H9Cl3N2S/c11-6-3-8(13)9(4-7(6)12)15-10(16)14-5-1-2-5/h3-5H,1-2H2,(H2,14,15,16). The maximum Gasteiger partial charge on any atom is 0.171 e. The van der Waals surface area contributed by atoms with E-state index in [-0.39, 0.29) is 0 Å². The normalized spacial score (nSPS) is 14.7. The van der Waals surface area contributed by atoms with Crippen LogP contribution in [0.2, 0.25) is 15.1 Å². The fourth-order valence-corrected chi connectivity index (χ4v) is 2.06. The predicted octanol–water partition coefficient (Wildman–Crippen LogP) is 4.10. The maximum atomic E-state index is 6.00. The zero-order chi connectivity index (χ0) is 11.7. The molecular formula is C10H9Cl3N2S. The van der Waals surface area contributed by atoms with Crippen LogP contribution in [0.15, 0.2) is 12.1 Å². The Morgan fingerprint density at radius 1 is 1.12 bits per heavy atom. The van der Waals surface area contributed by atoms with E-state index in [0.29, 0.717) is 31.9 Å². The molecule has 0 heterocycles. The van der Waals surface area contributed by atoms with E-state index in [9.17, 15) is 0 Å². The number of thiocarbonyl (C=S) groups is 1. The van der Waals surface area contributed by atoms with Gasteiger partial charge in [0.1, 0.15) is 0 Å². The number of anilines is 1. The van der Waals surface area contributed by atoms with Crippen molar-refractivity contribution in [2.24, 2.45) is 0 Å². The Kier molecular flexibility index (Phi) is 3.80. The van der Waals surface area contributed by atoms with E-state index < -0.39 is 0 Å². The van der Waals surface area contributed by atoms with Gasteiger partial charge in [0.25, 0.3) is 0 Å². The lowest BCUT2D eigenvalue weighted by Gasteiger charge is -2.11. The molecule has 0 spiro atoms. The van der Waals surface area contributed by atoms with E-state index in [1.54, 1.807) is 12.1 Å². The van der Waals surface area contributed by atoms with Gasteiger partial charge in [0.05, 0.1) is 20.8 Å². The van der Waals surface area contributed by atoms with E-state index in [1.165, 1.54) is 0 Å². The lowest BCUT2D eigenvalue weighted by molar-refractivity contribution is 0.919. The third-order valence-corrected chi connectivity index (χ3v) is 3.43. The first kappa shape index (κ1) is 12.2. The molecule has 1 aliphatic carbocycles. The molecule has 0 bridgehead atoms. The minimum atomic E-state index is 0.429. The zero-order valence-corrected chi connectivity index (χ0v) is 11.3. The molecule has 0 radical (unpaired) electrons. The fraction of sp³-hybridized carbons (Fsp3) is 0.300. The second-order valence-corrected chi connectivity index (χ2v) is 5.25. The van der Waals surface area contributed by atoms with Crippen LogP contribution >= 0.6 is 47.0 Å². The van der Waals surface area contributed by atoms with Crippen molar-refractivity contribution >= 4 is 57.8 Å². The maximum absolute atomic E-state index is 6.00. The number of nitrogens with one attached hydrogen (secondary N) is 2. The van der Waals surface area contributed by atoms with E-state index in [2.05, 4.69) is 10.6 Å². The average Bonchev–Trinajstić information content (AvgIpc) is 2.98. The summed E-state index contributed by atoms with van der Waals surface area (Å²) in [6.45, 7) is 0. The van der Waals surface area contributed by atoms with Crippen molar-refractivity contribution in [2.75, 3.05) is 5.32 Å². The molecule has 0 unspecified atom stereocenters. The molecule has 2 N–H and O–H groups in total. The number of halogens is 3. The highest BCUT2D eigenvalue weighted by molar-refractivity contribution is 7.80. The third kappa shape index (κ3) is 3.14. The number of benzene rings is 1. The Morgan fingerprint density at radius 3 is 2.38 bits per heavy atom. The molecule has 0 aromatic heterocycles. The van der Waals surface area contributed by atoms with Crippen LogP contribution in [-0.2, 0) is 0 Å². The molecule has 16 heavy (non-hydrogen) atoms. The van der Waals surface area contributed by atoms with Gasteiger partial charge < -0.3 is 10.6 Å². The average molecular weight is 296 g/mol. The SMILES string of the molecule is S=C(Nc1cc(Cl)c(Cl)cc1Cl)NC1CC1. The molecule has 0 saturated heterocycles. The van der Waals surface area contributed by atoms with Gasteiger partial charge in [-0.05, 0) is 37.2 Å². The molecular weight excluding hydrogens is 287 g/mol. The monoisotopic (exact) mass is 294 g/mol. The number of hydrogen-bond donors (Lipinski definition) is 2. The van der Waals surface area contributed by atoms with Crippen LogP contribution in [0.1, 0.15) is 12.8 Å². The highest BCUT2D eigenvalue weighted by Crippen LogP contribution is 2.32. The van der Waals surface area contributed by atoms with Crippen molar-refractivity contribution in [3.05, 3.63) is 27.2 Å². The van der Waals surface area contributed by atoms with Gasteiger partial charge in [-0.15, -0.1) is 0 Å². The minimum absolute atomic E-state index is 0.429. The first-order chi connectivity index (χ1) is 7.56. The van der Waals surface area contributed by atoms with Crippen LogP contribution in [0.25, 0.3) is 0 Å². The second-order valence-electron chi connectivity index (χ2n) is 3.62. The zero-order valence-electron chi connectivity index (χ0n) is 8.19. The third-order valence-electron chi connectivity index (χ3n) is 2.17. The molecule has 1 fully saturated rings. The first-order valence-electron chi connectivity index (χ1n) is 4.78. The van der Waals surface area contributed by atoms with E-state index >= 15 is 0 Å². The summed E-state index contributed by atoms with van der Waals surface area (Å²) in [5, 5.41) is 8.07. The fourth-order valence-electron chi connectivity index (χ4n) is 1.19. The Morgan fingerprint density at radius 2 is 1.75 bits per heavy atom. The molecule has 1 aliphatic rings. The number of hydrogen-bond acceptors (Lipinski definition) is 1. The molecule has 1 aromatic carbocycles. The van der Waals surface area contributed by atoms with Crippen LogP contribution in [0.3, 0.4) is 0 Å². The van der Waals surface area contributed by atoms with Crippen molar-refractivity contribution in [1.82, 2.24) is 5.32 Å². The van der Waals surface area contributed by atoms with Crippen molar-refractivity contribution in [3.63, 3.8) is 0 Å². The van der Waals surface area contributed by atoms with Gasteiger partial charge in [-0.2, -0.15) is 0 Å². The van der Waals surface area contributed by atoms with Crippen LogP contribution in [-0.4, -0.2) is 11.2 Å². The molecule has 0 amide bonds. The van der Waals surface area contributed by atoms with Gasteiger partial charge in [-0.3, -0.25) is 0 Å². The summed E-state index contributed by atoms with van der Waals surface area (Å²) in [4.78, 5) is 0. The molecule has 2 nitrogen and oxygen atoms in total. The van der Waals surface area contributed by atoms with Crippen molar-refractivity contribution in [3.8, 4) is 0 Å². The minimum Gasteiger partial charge on any atom is -0.360 e. The Labute approximate surface area is 114 Å². The van der Waals surface area contributed by atoms with Gasteiger partial charge in [0, 0.05) is 6.04 Å². The molecule has 1 aromatic rings. The summed E-state index contributed by atoms with van der Waals surface area (Å²) in [6, 6.07) is 3.75. The summed E-state index contributed by atoms with van der Waals surface area (Å²) in [6.07, 6.45) is 2.33. The summed E-state index contributed by atoms with van der Waals surface area (Å²) in [5.74, 6) is 0. The van der Waals surface area contributed by atoms with Crippen LogP contribution in [0.5, 0.6) is 0 Å². The van der Waals surface area contributed by atoms with Crippen molar-refractivity contribution in [2.45, 2.75) is 18.9 Å². The smallest absolute Gasteiger partial charge is 0.171 e. The summed E-state index contributed by atoms with van der Waals surface area (Å²) in [7, 11) is 0. The molecule has 6 heteroatoms. The topological polar surface area (TPSA) is 24.1 Å². The molecule has 86 valence electrons. The second kappa shape index (κ2) is 4.96. The Bertz CT molecular complexity index is 432. The quantitative estimate of drug-likeness (QED) is 0.634. The van der Waals surface area contributed by atoms with Crippen LogP contribution < -0.4 is 10.6 Å². The highest BCUT2D eigenvalue weighted by Gasteiger charge is 2.22. The van der Waals surface area contributed by atoms with E-state index in [1.807, 2.05) is 0 Å². The van der Waals surface area contributed by atoms with Gasteiger partial charge in [0.2, 0.25) is 0 Å². The predicted molar refractivity (Wildman–Crippen MR) is 73.9 cm³/mol. The lowest BCUT2D eigenvalue weighted by Crippen LogP contribution is -2.30. The van der Waals surface area contributed by atoms with Crippen LogP contribution in [0.4, 0.5) is 5.69 Å². The summed E-state index contributed by atoms with van der Waals surface area (Å²) >= 11 is 22.9. The first-order valence-corrected chi connectivity index (χ1v) is 6.32. The summed E-state index contributed by atoms with van der Waals surface area (Å²) < 4.78 is 0. The highest BCUT2D eigenvalue weighted by atomic mass is 35.5. The van der Waals surface area contributed by atoms with Gasteiger partial charge in [-0.25, -0.2) is 0 Å². The van der Waals surface area contributed by atoms with Gasteiger partial charge in [0.15, 0.2) is 5.11 Å². The lowest BCUT2D eigenvalue weighted by atomic mass is 10.3. The largest absolute Gasteiger partial charge is 0.360 e. The molecule has 2 rings (SSSR count). The van der Waals surface area contributed by atoms with Crippen molar-refractivity contribution < 1.29 is 0 Å². The van der Waals surface area contributed by atoms with Crippen molar-refractivity contribution in [1.29, 1.82) is 0 Å². The van der Waals surface area contributed by atoms with Gasteiger partial charge >= 0.3 is 0 Å². The van der Waals surface area contributed by atoms with E-state index in [0.717, 1.165) is 12.8 Å². The summed E-state index contributed by atoms with van der Waals surface area (Å²) in [5.41, 5.74) is 0.661.